The molecule has 98 valence electrons. The molecule has 19 heavy (non-hydrogen) atoms. The van der Waals surface area contributed by atoms with E-state index in [2.05, 4.69) is 0 Å². The van der Waals surface area contributed by atoms with Crippen molar-refractivity contribution < 1.29 is 9.18 Å². The lowest BCUT2D eigenvalue weighted by Crippen LogP contribution is -2.07. The highest BCUT2D eigenvalue weighted by Crippen LogP contribution is 2.20. The van der Waals surface area contributed by atoms with Gasteiger partial charge in [0.15, 0.2) is 5.78 Å². The summed E-state index contributed by atoms with van der Waals surface area (Å²) in [6.07, 6.45) is 0.0245. The summed E-state index contributed by atoms with van der Waals surface area (Å²) in [5, 5.41) is 0.0475. The molecule has 0 radical (unpaired) electrons. The Hall–Kier alpha value is -1.67. The predicted molar refractivity (Wildman–Crippen MR) is 75.4 cm³/mol. The highest BCUT2D eigenvalue weighted by atomic mass is 35.5. The number of carbonyl (C=O) groups is 1. The molecule has 0 spiro atoms. The first kappa shape index (κ1) is 13.8. The average molecular weight is 277 g/mol. The zero-order valence-electron chi connectivity index (χ0n) is 10.8. The number of Topliss-reactive ketones (excluding diaryl/α,β-unsaturated/α-hetero) is 1. The minimum atomic E-state index is -0.511. The van der Waals surface area contributed by atoms with Gasteiger partial charge in [0, 0.05) is 12.0 Å². The summed E-state index contributed by atoms with van der Waals surface area (Å²) in [7, 11) is 0. The number of rotatable bonds is 3. The van der Waals surface area contributed by atoms with E-state index in [1.54, 1.807) is 12.1 Å². The van der Waals surface area contributed by atoms with E-state index in [1.807, 2.05) is 32.0 Å². The molecule has 0 N–H and O–H groups in total. The van der Waals surface area contributed by atoms with Crippen LogP contribution >= 0.6 is 11.6 Å². The summed E-state index contributed by atoms with van der Waals surface area (Å²) in [5.74, 6) is -0.606. The Balaban J connectivity index is 2.31. The van der Waals surface area contributed by atoms with Crippen molar-refractivity contribution in [2.45, 2.75) is 20.3 Å². The third kappa shape index (κ3) is 3.02. The molecule has 0 saturated heterocycles. The zero-order valence-corrected chi connectivity index (χ0v) is 11.6. The predicted octanol–water partition coefficient (Wildman–Crippen LogP) is 4.52. The van der Waals surface area contributed by atoms with E-state index in [9.17, 15) is 9.18 Å². The summed E-state index contributed by atoms with van der Waals surface area (Å²) >= 11 is 5.71. The molecule has 0 aromatic heterocycles. The van der Waals surface area contributed by atoms with E-state index < -0.39 is 5.82 Å². The molecular weight excluding hydrogens is 263 g/mol. The first-order valence-electron chi connectivity index (χ1n) is 6.02. The monoisotopic (exact) mass is 276 g/mol. The van der Waals surface area contributed by atoms with Crippen LogP contribution in [-0.4, -0.2) is 5.78 Å². The van der Waals surface area contributed by atoms with Gasteiger partial charge in [0.25, 0.3) is 0 Å². The van der Waals surface area contributed by atoms with Gasteiger partial charge in [-0.3, -0.25) is 4.79 Å². The third-order valence-corrected chi connectivity index (χ3v) is 3.37. The summed E-state index contributed by atoms with van der Waals surface area (Å²) in [6.45, 7) is 3.80. The van der Waals surface area contributed by atoms with Gasteiger partial charge < -0.3 is 0 Å². The molecule has 2 rings (SSSR count). The molecule has 0 bridgehead atoms. The maximum absolute atomic E-state index is 13.8. The van der Waals surface area contributed by atoms with Crippen LogP contribution in [0.25, 0.3) is 0 Å². The molecule has 0 unspecified atom stereocenters. The van der Waals surface area contributed by atoms with E-state index in [0.29, 0.717) is 11.1 Å². The Morgan fingerprint density at radius 2 is 1.95 bits per heavy atom. The van der Waals surface area contributed by atoms with Crippen molar-refractivity contribution in [3.8, 4) is 0 Å². The number of aryl methyl sites for hydroxylation is 2. The Labute approximate surface area is 117 Å². The smallest absolute Gasteiger partial charge is 0.167 e. The van der Waals surface area contributed by atoms with Gasteiger partial charge in [-0.1, -0.05) is 41.4 Å². The lowest BCUT2D eigenvalue weighted by atomic mass is 9.97. The third-order valence-electron chi connectivity index (χ3n) is 3.08. The standard InChI is InChI=1S/C16H14ClFO/c1-10-6-7-11(2)13(8-10)15(19)9-12-4-3-5-14(17)16(12)18/h3-8H,9H2,1-2H3. The Kier molecular flexibility index (Phi) is 4.01. The Morgan fingerprint density at radius 1 is 1.21 bits per heavy atom. The number of ketones is 1. The lowest BCUT2D eigenvalue weighted by molar-refractivity contribution is 0.0991. The van der Waals surface area contributed by atoms with Crippen LogP contribution in [-0.2, 0) is 6.42 Å². The highest BCUT2D eigenvalue weighted by Gasteiger charge is 2.14. The minimum Gasteiger partial charge on any atom is -0.294 e. The second kappa shape index (κ2) is 5.54. The van der Waals surface area contributed by atoms with Crippen molar-refractivity contribution in [1.29, 1.82) is 0 Å². The van der Waals surface area contributed by atoms with Gasteiger partial charge in [-0.2, -0.15) is 0 Å². The molecule has 0 aliphatic heterocycles. The van der Waals surface area contributed by atoms with Crippen LogP contribution < -0.4 is 0 Å². The average Bonchev–Trinajstić information content (AvgIpc) is 2.38. The molecule has 0 aliphatic carbocycles. The maximum Gasteiger partial charge on any atom is 0.167 e. The quantitative estimate of drug-likeness (QED) is 0.753. The van der Waals surface area contributed by atoms with Gasteiger partial charge in [0.1, 0.15) is 5.82 Å². The van der Waals surface area contributed by atoms with Gasteiger partial charge in [0.2, 0.25) is 0 Å². The number of hydrogen-bond donors (Lipinski definition) is 0. The number of carbonyl (C=O) groups excluding carboxylic acids is 1. The van der Waals surface area contributed by atoms with Crippen LogP contribution in [0, 0.1) is 19.7 Å². The van der Waals surface area contributed by atoms with Crippen LogP contribution in [0.3, 0.4) is 0 Å². The maximum atomic E-state index is 13.8. The van der Waals surface area contributed by atoms with Gasteiger partial charge in [-0.15, -0.1) is 0 Å². The lowest BCUT2D eigenvalue weighted by Gasteiger charge is -2.07. The molecule has 0 fully saturated rings. The SMILES string of the molecule is Cc1ccc(C)c(C(=O)Cc2cccc(Cl)c2F)c1. The van der Waals surface area contributed by atoms with E-state index in [0.717, 1.165) is 11.1 Å². The number of hydrogen-bond acceptors (Lipinski definition) is 1. The van der Waals surface area contributed by atoms with E-state index >= 15 is 0 Å². The Morgan fingerprint density at radius 3 is 2.68 bits per heavy atom. The minimum absolute atomic E-state index is 0.0245. The molecule has 0 heterocycles. The molecule has 1 nitrogen and oxygen atoms in total. The molecule has 2 aromatic carbocycles. The molecular formula is C16H14ClFO. The van der Waals surface area contributed by atoms with Crippen molar-refractivity contribution >= 4 is 17.4 Å². The van der Waals surface area contributed by atoms with Crippen molar-refractivity contribution in [2.75, 3.05) is 0 Å². The summed E-state index contributed by atoms with van der Waals surface area (Å²) in [5.41, 5.74) is 2.89. The fourth-order valence-corrected chi connectivity index (χ4v) is 2.18. The molecule has 2 aromatic rings. The van der Waals surface area contributed by atoms with Crippen LogP contribution in [0.5, 0.6) is 0 Å². The topological polar surface area (TPSA) is 17.1 Å². The van der Waals surface area contributed by atoms with Crippen LogP contribution in [0.15, 0.2) is 36.4 Å². The molecule has 0 amide bonds. The summed E-state index contributed by atoms with van der Waals surface area (Å²) in [6, 6.07) is 10.4. The van der Waals surface area contributed by atoms with Crippen molar-refractivity contribution in [1.82, 2.24) is 0 Å². The highest BCUT2D eigenvalue weighted by molar-refractivity contribution is 6.30. The number of benzene rings is 2. The fraction of sp³-hybridized carbons (Fsp3) is 0.188. The number of halogens is 2. The fourth-order valence-electron chi connectivity index (χ4n) is 1.99. The van der Waals surface area contributed by atoms with E-state index in [-0.39, 0.29) is 17.2 Å². The van der Waals surface area contributed by atoms with E-state index in [4.69, 9.17) is 11.6 Å². The largest absolute Gasteiger partial charge is 0.294 e. The van der Waals surface area contributed by atoms with Gasteiger partial charge >= 0.3 is 0 Å². The molecule has 0 aliphatic rings. The molecule has 0 saturated carbocycles. The van der Waals surface area contributed by atoms with Crippen LogP contribution in [0.4, 0.5) is 4.39 Å². The normalized spacial score (nSPS) is 10.5. The van der Waals surface area contributed by atoms with Crippen LogP contribution in [0.2, 0.25) is 5.02 Å². The first-order chi connectivity index (χ1) is 8.99. The van der Waals surface area contributed by atoms with E-state index in [1.165, 1.54) is 6.07 Å². The van der Waals surface area contributed by atoms with Crippen LogP contribution in [0.1, 0.15) is 27.0 Å². The summed E-state index contributed by atoms with van der Waals surface area (Å²) in [4.78, 5) is 12.2. The molecule has 0 atom stereocenters. The molecule has 3 heteroatoms. The Bertz CT molecular complexity index is 635. The van der Waals surface area contributed by atoms with Crippen molar-refractivity contribution in [2.24, 2.45) is 0 Å². The summed E-state index contributed by atoms with van der Waals surface area (Å²) < 4.78 is 13.8. The second-order valence-electron chi connectivity index (χ2n) is 4.63. The van der Waals surface area contributed by atoms with Crippen molar-refractivity contribution in [3.05, 3.63) is 69.5 Å². The van der Waals surface area contributed by atoms with Crippen molar-refractivity contribution in [3.63, 3.8) is 0 Å². The van der Waals surface area contributed by atoms with Gasteiger partial charge in [-0.25, -0.2) is 4.39 Å². The second-order valence-corrected chi connectivity index (χ2v) is 5.04. The first-order valence-corrected chi connectivity index (χ1v) is 6.40. The van der Waals surface area contributed by atoms with Gasteiger partial charge in [-0.05, 0) is 37.1 Å². The van der Waals surface area contributed by atoms with Gasteiger partial charge in [0.05, 0.1) is 5.02 Å². The zero-order chi connectivity index (χ0) is 14.0.